The quantitative estimate of drug-likeness (QED) is 0.572. The minimum absolute atomic E-state index is 0.103. The molecule has 0 unspecified atom stereocenters. The summed E-state index contributed by atoms with van der Waals surface area (Å²) in [6.45, 7) is 3.44. The van der Waals surface area contributed by atoms with E-state index in [1.165, 1.54) is 18.2 Å². The van der Waals surface area contributed by atoms with Crippen molar-refractivity contribution in [3.63, 3.8) is 0 Å². The molecule has 1 aliphatic heterocycles. The number of aliphatic carboxylic acids is 1. The van der Waals surface area contributed by atoms with Crippen molar-refractivity contribution in [3.05, 3.63) is 57.3 Å². The van der Waals surface area contributed by atoms with Gasteiger partial charge in [0.1, 0.15) is 11.6 Å². The zero-order valence-electron chi connectivity index (χ0n) is 15.7. The van der Waals surface area contributed by atoms with Gasteiger partial charge in [0.05, 0.1) is 10.7 Å². The maximum Gasteiger partial charge on any atom is 0.348 e. The highest BCUT2D eigenvalue weighted by Gasteiger charge is 2.38. The number of fused-ring (bicyclic) bond motifs is 1. The number of hydrogen-bond acceptors (Lipinski definition) is 3. The molecule has 0 bridgehead atoms. The maximum absolute atomic E-state index is 14.0. The third-order valence-corrected chi connectivity index (χ3v) is 5.48. The molecule has 0 atom stereocenters. The second kappa shape index (κ2) is 8.05. The average Bonchev–Trinajstić information content (AvgIpc) is 2.96. The van der Waals surface area contributed by atoms with Gasteiger partial charge in [0, 0.05) is 21.7 Å². The highest BCUT2D eigenvalue weighted by molar-refractivity contribution is 6.37. The maximum atomic E-state index is 14.0. The molecule has 0 radical (unpaired) electrons. The topological polar surface area (TPSA) is 75.6 Å². The Morgan fingerprint density at radius 1 is 1.24 bits per heavy atom. The summed E-state index contributed by atoms with van der Waals surface area (Å²) in [4.78, 5) is 24.3. The summed E-state index contributed by atoms with van der Waals surface area (Å²) in [5, 5.41) is 12.6. The Kier molecular flexibility index (Phi) is 5.87. The summed E-state index contributed by atoms with van der Waals surface area (Å²) in [5.41, 5.74) is -0.0937. The van der Waals surface area contributed by atoms with E-state index in [4.69, 9.17) is 27.9 Å². The first kappa shape index (κ1) is 21.1. The first-order valence-electron chi connectivity index (χ1n) is 8.95. The van der Waals surface area contributed by atoms with E-state index in [1.807, 2.05) is 0 Å². The van der Waals surface area contributed by atoms with E-state index in [2.05, 4.69) is 5.32 Å². The average molecular weight is 438 g/mol. The Morgan fingerprint density at radius 2 is 1.93 bits per heavy atom. The highest BCUT2D eigenvalue weighted by Crippen LogP contribution is 2.38. The van der Waals surface area contributed by atoms with E-state index in [1.54, 1.807) is 32.0 Å². The van der Waals surface area contributed by atoms with Crippen LogP contribution in [0.15, 0.2) is 30.3 Å². The van der Waals surface area contributed by atoms with E-state index in [-0.39, 0.29) is 29.2 Å². The summed E-state index contributed by atoms with van der Waals surface area (Å²) in [6, 6.07) is 7.18. The number of carboxylic acids is 1. The van der Waals surface area contributed by atoms with Gasteiger partial charge in [-0.3, -0.25) is 4.79 Å². The fraction of sp³-hybridized carbons (Fsp3) is 0.238. The van der Waals surface area contributed by atoms with Crippen LogP contribution in [-0.4, -0.2) is 22.6 Å². The molecule has 0 spiro atoms. The van der Waals surface area contributed by atoms with Gasteiger partial charge >= 0.3 is 5.97 Å². The number of halogens is 3. The molecule has 2 aromatic rings. The van der Waals surface area contributed by atoms with Crippen molar-refractivity contribution < 1.29 is 23.8 Å². The fourth-order valence-corrected chi connectivity index (χ4v) is 3.50. The first-order valence-corrected chi connectivity index (χ1v) is 9.70. The molecular formula is C21H18Cl2FNO4. The molecule has 0 fully saturated rings. The minimum atomic E-state index is -1.42. The van der Waals surface area contributed by atoms with Crippen molar-refractivity contribution >= 4 is 52.4 Å². The van der Waals surface area contributed by atoms with Gasteiger partial charge in [0.2, 0.25) is 5.60 Å². The predicted molar refractivity (Wildman–Crippen MR) is 111 cm³/mol. The van der Waals surface area contributed by atoms with Crippen LogP contribution in [0.4, 0.5) is 10.1 Å². The molecule has 3 rings (SSSR count). The van der Waals surface area contributed by atoms with Gasteiger partial charge in [-0.05, 0) is 49.2 Å². The number of anilines is 1. The number of ether oxygens (including phenoxy) is 1. The highest BCUT2D eigenvalue weighted by atomic mass is 35.5. The van der Waals surface area contributed by atoms with Crippen LogP contribution >= 0.6 is 23.2 Å². The molecule has 0 aliphatic carbocycles. The van der Waals surface area contributed by atoms with Gasteiger partial charge < -0.3 is 15.2 Å². The van der Waals surface area contributed by atoms with Crippen LogP contribution < -0.4 is 10.1 Å². The van der Waals surface area contributed by atoms with E-state index in [9.17, 15) is 19.1 Å². The molecule has 152 valence electrons. The molecule has 5 nitrogen and oxygen atoms in total. The van der Waals surface area contributed by atoms with E-state index < -0.39 is 23.3 Å². The van der Waals surface area contributed by atoms with Gasteiger partial charge in [0.15, 0.2) is 0 Å². The number of hydrogen-bond donors (Lipinski definition) is 2. The number of carbonyl (C=O) groups excluding carboxylic acids is 1. The van der Waals surface area contributed by atoms with E-state index in [0.29, 0.717) is 21.8 Å². The van der Waals surface area contributed by atoms with Gasteiger partial charge in [-0.15, -0.1) is 0 Å². The molecule has 0 aromatic heterocycles. The summed E-state index contributed by atoms with van der Waals surface area (Å²) < 4.78 is 19.8. The number of carboxylic acid groups (broad SMARTS) is 1. The van der Waals surface area contributed by atoms with Crippen molar-refractivity contribution in [2.45, 2.75) is 32.3 Å². The third kappa shape index (κ3) is 3.95. The smallest absolute Gasteiger partial charge is 0.348 e. The molecule has 8 heteroatoms. The van der Waals surface area contributed by atoms with E-state index in [0.717, 1.165) is 0 Å². The van der Waals surface area contributed by atoms with Gasteiger partial charge in [0.25, 0.3) is 5.91 Å². The van der Waals surface area contributed by atoms with Crippen molar-refractivity contribution in [1.29, 1.82) is 0 Å². The van der Waals surface area contributed by atoms with Crippen molar-refractivity contribution in [1.82, 2.24) is 0 Å². The second-order valence-corrected chi connectivity index (χ2v) is 7.46. The van der Waals surface area contributed by atoms with Crippen molar-refractivity contribution in [2.24, 2.45) is 0 Å². The third-order valence-electron chi connectivity index (χ3n) is 4.95. The standard InChI is InChI=1S/C21H18Cl2FNO4/c1-3-21(4-2,20(27)28)29-18-6-5-12(22)7-11(18)8-14-13-9-16(24)15(23)10-17(13)25-19(14)26/h5-10H,3-4H2,1-2H3,(H,25,26)(H,27,28)/b14-8-. The summed E-state index contributed by atoms with van der Waals surface area (Å²) in [5.74, 6) is -1.93. The summed E-state index contributed by atoms with van der Waals surface area (Å²) in [7, 11) is 0. The van der Waals surface area contributed by atoms with Gasteiger partial charge in [-0.25, -0.2) is 9.18 Å². The summed E-state index contributed by atoms with van der Waals surface area (Å²) >= 11 is 11.9. The van der Waals surface area contributed by atoms with Gasteiger partial charge in [-0.2, -0.15) is 0 Å². The molecule has 1 amide bonds. The van der Waals surface area contributed by atoms with Crippen LogP contribution in [0.25, 0.3) is 11.6 Å². The van der Waals surface area contributed by atoms with Crippen LogP contribution in [0.2, 0.25) is 10.0 Å². The molecule has 2 N–H and O–H groups in total. The minimum Gasteiger partial charge on any atom is -0.478 e. The molecule has 29 heavy (non-hydrogen) atoms. The van der Waals surface area contributed by atoms with Crippen LogP contribution in [0.1, 0.15) is 37.8 Å². The molecule has 0 saturated carbocycles. The van der Waals surface area contributed by atoms with Crippen LogP contribution in [0.3, 0.4) is 0 Å². The van der Waals surface area contributed by atoms with Crippen LogP contribution in [0, 0.1) is 5.82 Å². The van der Waals surface area contributed by atoms with Gasteiger partial charge in [-0.1, -0.05) is 37.0 Å². The second-order valence-electron chi connectivity index (χ2n) is 6.61. The van der Waals surface area contributed by atoms with Crippen LogP contribution in [0.5, 0.6) is 5.75 Å². The van der Waals surface area contributed by atoms with Crippen LogP contribution in [-0.2, 0) is 9.59 Å². The Bertz CT molecular complexity index is 1030. The largest absolute Gasteiger partial charge is 0.478 e. The molecule has 0 saturated heterocycles. The Hall–Kier alpha value is -2.57. The number of nitrogens with one attached hydrogen (secondary N) is 1. The molecule has 1 aliphatic rings. The lowest BCUT2D eigenvalue weighted by molar-refractivity contribution is -0.156. The zero-order chi connectivity index (χ0) is 21.3. The van der Waals surface area contributed by atoms with Crippen molar-refractivity contribution in [2.75, 3.05) is 5.32 Å². The monoisotopic (exact) mass is 437 g/mol. The van der Waals surface area contributed by atoms with Crippen molar-refractivity contribution in [3.8, 4) is 5.75 Å². The number of rotatable bonds is 6. The SMILES string of the molecule is CCC(CC)(Oc1ccc(Cl)cc1/C=C1\C(=O)Nc2cc(Cl)c(F)cc21)C(=O)O. The normalized spacial score (nSPS) is 14.7. The first-order chi connectivity index (χ1) is 13.7. The lowest BCUT2D eigenvalue weighted by Crippen LogP contribution is -2.43. The predicted octanol–water partition coefficient (Wildman–Crippen LogP) is 5.65. The zero-order valence-corrected chi connectivity index (χ0v) is 17.2. The Morgan fingerprint density at radius 3 is 2.55 bits per heavy atom. The fourth-order valence-electron chi connectivity index (χ4n) is 3.16. The lowest BCUT2D eigenvalue weighted by atomic mass is 9.97. The molecular weight excluding hydrogens is 420 g/mol. The number of amides is 1. The number of benzene rings is 2. The Labute approximate surface area is 177 Å². The summed E-state index contributed by atoms with van der Waals surface area (Å²) in [6.07, 6.45) is 1.97. The molecule has 1 heterocycles. The molecule has 2 aromatic carbocycles. The van der Waals surface area contributed by atoms with E-state index >= 15 is 0 Å². The number of carbonyl (C=O) groups is 2. The lowest BCUT2D eigenvalue weighted by Gasteiger charge is -2.29. The Balaban J connectivity index is 2.12.